The van der Waals surface area contributed by atoms with Crippen molar-refractivity contribution in [3.05, 3.63) is 24.2 Å². The third-order valence-corrected chi connectivity index (χ3v) is 3.50. The number of terminal acetylenes is 1. The highest BCUT2D eigenvalue weighted by Gasteiger charge is 2.25. The molecule has 0 radical (unpaired) electrons. The summed E-state index contributed by atoms with van der Waals surface area (Å²) in [6.07, 6.45) is 9.47. The fourth-order valence-corrected chi connectivity index (χ4v) is 2.49. The summed E-state index contributed by atoms with van der Waals surface area (Å²) in [6, 6.07) is 4.20. The molecule has 0 amide bonds. The molecule has 0 bridgehead atoms. The van der Waals surface area contributed by atoms with Gasteiger partial charge in [-0.25, -0.2) is 0 Å². The Morgan fingerprint density at radius 1 is 1.50 bits per heavy atom. The van der Waals surface area contributed by atoms with Gasteiger partial charge >= 0.3 is 0 Å². The SMILES string of the molecule is C#CCNC(=NC)NCC(c1ccco1)N1CCCC1. The minimum Gasteiger partial charge on any atom is -0.468 e. The molecule has 0 spiro atoms. The van der Waals surface area contributed by atoms with E-state index in [0.717, 1.165) is 31.4 Å². The van der Waals surface area contributed by atoms with E-state index in [2.05, 4.69) is 26.4 Å². The van der Waals surface area contributed by atoms with E-state index in [4.69, 9.17) is 10.8 Å². The number of aliphatic imine (C=N–C) groups is 1. The molecule has 0 aliphatic carbocycles. The van der Waals surface area contributed by atoms with E-state index < -0.39 is 0 Å². The van der Waals surface area contributed by atoms with Gasteiger partial charge in [-0.2, -0.15) is 0 Å². The Hall–Kier alpha value is -1.93. The number of furan rings is 1. The van der Waals surface area contributed by atoms with E-state index >= 15 is 0 Å². The Kier molecular flexibility index (Phi) is 5.51. The maximum Gasteiger partial charge on any atom is 0.191 e. The molecule has 0 aromatic carbocycles. The van der Waals surface area contributed by atoms with Gasteiger partial charge in [0.25, 0.3) is 0 Å². The van der Waals surface area contributed by atoms with Crippen LogP contribution < -0.4 is 10.6 Å². The van der Waals surface area contributed by atoms with Crippen molar-refractivity contribution in [3.8, 4) is 12.3 Å². The number of guanidine groups is 1. The Morgan fingerprint density at radius 3 is 2.90 bits per heavy atom. The highest BCUT2D eigenvalue weighted by Crippen LogP contribution is 2.24. The molecule has 2 N–H and O–H groups in total. The van der Waals surface area contributed by atoms with Crippen LogP contribution in [0.2, 0.25) is 0 Å². The van der Waals surface area contributed by atoms with Crippen molar-refractivity contribution in [3.63, 3.8) is 0 Å². The van der Waals surface area contributed by atoms with Crippen LogP contribution >= 0.6 is 0 Å². The molecular formula is C15H22N4O. The zero-order valence-corrected chi connectivity index (χ0v) is 11.9. The molecule has 0 saturated carbocycles. The molecule has 5 nitrogen and oxygen atoms in total. The second-order valence-corrected chi connectivity index (χ2v) is 4.79. The molecule has 2 heterocycles. The van der Waals surface area contributed by atoms with E-state index in [1.165, 1.54) is 12.8 Å². The quantitative estimate of drug-likeness (QED) is 0.481. The Bertz CT molecular complexity index is 455. The zero-order chi connectivity index (χ0) is 14.2. The number of rotatable bonds is 5. The van der Waals surface area contributed by atoms with Gasteiger partial charge in [0.2, 0.25) is 0 Å². The molecule has 1 aliphatic heterocycles. The Labute approximate surface area is 120 Å². The summed E-state index contributed by atoms with van der Waals surface area (Å²) in [5.74, 6) is 4.26. The lowest BCUT2D eigenvalue weighted by Crippen LogP contribution is -2.42. The second-order valence-electron chi connectivity index (χ2n) is 4.79. The van der Waals surface area contributed by atoms with Crippen molar-refractivity contribution in [2.24, 2.45) is 4.99 Å². The highest BCUT2D eigenvalue weighted by atomic mass is 16.3. The maximum atomic E-state index is 5.58. The molecule has 1 aliphatic rings. The Balaban J connectivity index is 1.96. The summed E-state index contributed by atoms with van der Waals surface area (Å²) in [4.78, 5) is 6.60. The molecule has 1 fully saturated rings. The van der Waals surface area contributed by atoms with Crippen molar-refractivity contribution < 1.29 is 4.42 Å². The van der Waals surface area contributed by atoms with Gasteiger partial charge in [-0.15, -0.1) is 6.42 Å². The summed E-state index contributed by atoms with van der Waals surface area (Å²) in [6.45, 7) is 3.44. The van der Waals surface area contributed by atoms with Gasteiger partial charge < -0.3 is 15.1 Å². The predicted molar refractivity (Wildman–Crippen MR) is 80.5 cm³/mol. The lowest BCUT2D eigenvalue weighted by Gasteiger charge is -2.26. The first-order valence-corrected chi connectivity index (χ1v) is 7.00. The van der Waals surface area contributed by atoms with Gasteiger partial charge in [0, 0.05) is 13.6 Å². The summed E-state index contributed by atoms with van der Waals surface area (Å²) in [7, 11) is 1.74. The van der Waals surface area contributed by atoms with Crippen LogP contribution in [0.1, 0.15) is 24.6 Å². The molecule has 1 aromatic rings. The first-order chi connectivity index (χ1) is 9.85. The van der Waals surface area contributed by atoms with E-state index in [1.54, 1.807) is 13.3 Å². The highest BCUT2D eigenvalue weighted by molar-refractivity contribution is 5.79. The van der Waals surface area contributed by atoms with E-state index in [1.807, 2.05) is 12.1 Å². The Morgan fingerprint density at radius 2 is 2.30 bits per heavy atom. The number of hydrogen-bond donors (Lipinski definition) is 2. The molecule has 108 valence electrons. The predicted octanol–water partition coefficient (Wildman–Crippen LogP) is 1.21. The summed E-state index contributed by atoms with van der Waals surface area (Å²) < 4.78 is 5.58. The van der Waals surface area contributed by atoms with Crippen molar-refractivity contribution in [1.82, 2.24) is 15.5 Å². The fourth-order valence-electron chi connectivity index (χ4n) is 2.49. The van der Waals surface area contributed by atoms with Gasteiger partial charge in [-0.1, -0.05) is 5.92 Å². The maximum absolute atomic E-state index is 5.58. The van der Waals surface area contributed by atoms with Crippen LogP contribution in [0.15, 0.2) is 27.8 Å². The van der Waals surface area contributed by atoms with E-state index in [9.17, 15) is 0 Å². The van der Waals surface area contributed by atoms with Gasteiger partial charge in [-0.3, -0.25) is 9.89 Å². The lowest BCUT2D eigenvalue weighted by molar-refractivity contribution is 0.215. The third-order valence-electron chi connectivity index (χ3n) is 3.50. The van der Waals surface area contributed by atoms with Crippen LogP contribution in [0.25, 0.3) is 0 Å². The molecule has 1 atom stereocenters. The first kappa shape index (κ1) is 14.5. The van der Waals surface area contributed by atoms with E-state index in [-0.39, 0.29) is 6.04 Å². The normalized spacial score (nSPS) is 17.7. The van der Waals surface area contributed by atoms with Crippen LogP contribution in [0.4, 0.5) is 0 Å². The zero-order valence-electron chi connectivity index (χ0n) is 11.9. The fraction of sp³-hybridized carbons (Fsp3) is 0.533. The number of nitrogens with zero attached hydrogens (tertiary/aromatic N) is 2. The van der Waals surface area contributed by atoms with Crippen LogP contribution in [-0.2, 0) is 0 Å². The second kappa shape index (κ2) is 7.61. The third kappa shape index (κ3) is 3.78. The van der Waals surface area contributed by atoms with Crippen molar-refractivity contribution >= 4 is 5.96 Å². The average molecular weight is 274 g/mol. The summed E-state index contributed by atoms with van der Waals surface area (Å²) in [5, 5.41) is 6.38. The smallest absolute Gasteiger partial charge is 0.191 e. The molecule has 20 heavy (non-hydrogen) atoms. The average Bonchev–Trinajstić information content (AvgIpc) is 3.16. The molecule has 1 unspecified atom stereocenters. The van der Waals surface area contributed by atoms with Gasteiger partial charge in [0.05, 0.1) is 18.8 Å². The summed E-state index contributed by atoms with van der Waals surface area (Å²) in [5.41, 5.74) is 0. The summed E-state index contributed by atoms with van der Waals surface area (Å²) >= 11 is 0. The lowest BCUT2D eigenvalue weighted by atomic mass is 10.2. The molecule has 1 saturated heterocycles. The standard InChI is InChI=1S/C15H22N4O/c1-3-8-17-15(16-2)18-12-13(14-7-6-11-20-14)19-9-4-5-10-19/h1,6-7,11,13H,4-5,8-10,12H2,2H3,(H2,16,17,18). The van der Waals surface area contributed by atoms with E-state index in [0.29, 0.717) is 6.54 Å². The van der Waals surface area contributed by atoms with Gasteiger partial charge in [-0.05, 0) is 38.1 Å². The topological polar surface area (TPSA) is 52.8 Å². The van der Waals surface area contributed by atoms with Crippen LogP contribution in [0, 0.1) is 12.3 Å². The largest absolute Gasteiger partial charge is 0.468 e. The number of likely N-dealkylation sites (tertiary alicyclic amines) is 1. The van der Waals surface area contributed by atoms with Crippen molar-refractivity contribution in [2.75, 3.05) is 33.2 Å². The molecule has 5 heteroatoms. The van der Waals surface area contributed by atoms with Crippen LogP contribution in [-0.4, -0.2) is 44.1 Å². The molecule has 2 rings (SSSR count). The van der Waals surface area contributed by atoms with Gasteiger partial charge in [0.15, 0.2) is 5.96 Å². The minimum atomic E-state index is 0.233. The number of hydrogen-bond acceptors (Lipinski definition) is 3. The van der Waals surface area contributed by atoms with Crippen molar-refractivity contribution in [1.29, 1.82) is 0 Å². The van der Waals surface area contributed by atoms with Gasteiger partial charge in [0.1, 0.15) is 5.76 Å². The van der Waals surface area contributed by atoms with Crippen LogP contribution in [0.3, 0.4) is 0 Å². The first-order valence-electron chi connectivity index (χ1n) is 7.00. The number of nitrogens with one attached hydrogen (secondary N) is 2. The minimum absolute atomic E-state index is 0.233. The molecule has 1 aromatic heterocycles. The monoisotopic (exact) mass is 274 g/mol. The van der Waals surface area contributed by atoms with Crippen molar-refractivity contribution in [2.45, 2.75) is 18.9 Å². The molecular weight excluding hydrogens is 252 g/mol. The van der Waals surface area contributed by atoms with Crippen LogP contribution in [0.5, 0.6) is 0 Å².